The fourth-order valence-corrected chi connectivity index (χ4v) is 9.00. The van der Waals surface area contributed by atoms with Crippen molar-refractivity contribution in [3.05, 3.63) is 71.8 Å². The van der Waals surface area contributed by atoms with Crippen LogP contribution >= 0.6 is 0 Å². The molecule has 0 unspecified atom stereocenters. The number of fused-ring (bicyclic) bond motifs is 5. The number of carbonyl (C=O) groups excluding carboxylic acids is 2. The molecule has 4 fully saturated rings. The standard InChI is InChI=1S/C33H41NO3/c1-32-19-17-27-25(13-16-29-33(27,2)20-18-30(35)37-29)26(32)14-15-28(32)31(36)34(21-23-9-5-3-6-10-23)22-24-11-7-4-8-12-24/h3-12,25-29H,13-22H2,1-2H3/t25-,26-,27-,28+,29+,32-,33+/m0/s1. The van der Waals surface area contributed by atoms with E-state index in [0.29, 0.717) is 43.2 Å². The summed E-state index contributed by atoms with van der Waals surface area (Å²) in [6.07, 6.45) is 8.15. The van der Waals surface area contributed by atoms with Crippen molar-refractivity contribution < 1.29 is 14.3 Å². The van der Waals surface area contributed by atoms with Crippen LogP contribution < -0.4 is 0 Å². The number of amides is 1. The normalized spacial score (nSPS) is 36.6. The Morgan fingerprint density at radius 3 is 2.08 bits per heavy atom. The summed E-state index contributed by atoms with van der Waals surface area (Å²) in [6.45, 7) is 6.14. The molecule has 4 heteroatoms. The number of ether oxygens (including phenoxy) is 1. The zero-order valence-corrected chi connectivity index (χ0v) is 22.4. The van der Waals surface area contributed by atoms with E-state index in [1.807, 2.05) is 12.1 Å². The minimum absolute atomic E-state index is 0.00924. The van der Waals surface area contributed by atoms with E-state index in [1.165, 1.54) is 11.1 Å². The molecule has 0 aromatic heterocycles. The smallest absolute Gasteiger partial charge is 0.306 e. The summed E-state index contributed by atoms with van der Waals surface area (Å²) >= 11 is 0. The Kier molecular flexibility index (Phi) is 6.41. The Labute approximate surface area is 221 Å². The topological polar surface area (TPSA) is 46.6 Å². The van der Waals surface area contributed by atoms with Crippen molar-refractivity contribution in [1.29, 1.82) is 0 Å². The van der Waals surface area contributed by atoms with Crippen molar-refractivity contribution in [2.75, 3.05) is 0 Å². The van der Waals surface area contributed by atoms with Gasteiger partial charge in [0.2, 0.25) is 5.91 Å². The molecule has 1 aliphatic heterocycles. The van der Waals surface area contributed by atoms with Gasteiger partial charge in [0, 0.05) is 30.8 Å². The van der Waals surface area contributed by atoms with Crippen LogP contribution in [0.4, 0.5) is 0 Å². The van der Waals surface area contributed by atoms with Crippen LogP contribution in [0.3, 0.4) is 0 Å². The van der Waals surface area contributed by atoms with Gasteiger partial charge in [0.25, 0.3) is 0 Å². The maximum atomic E-state index is 14.4. The minimum Gasteiger partial charge on any atom is -0.462 e. The van der Waals surface area contributed by atoms with Crippen LogP contribution in [0.15, 0.2) is 60.7 Å². The van der Waals surface area contributed by atoms with Crippen molar-refractivity contribution in [2.24, 2.45) is 34.5 Å². The van der Waals surface area contributed by atoms with Crippen LogP contribution in [0.5, 0.6) is 0 Å². The van der Waals surface area contributed by atoms with E-state index in [9.17, 15) is 9.59 Å². The van der Waals surface area contributed by atoms with E-state index in [0.717, 1.165) is 44.9 Å². The predicted molar refractivity (Wildman–Crippen MR) is 144 cm³/mol. The molecule has 0 N–H and O–H groups in total. The molecule has 37 heavy (non-hydrogen) atoms. The van der Waals surface area contributed by atoms with Crippen molar-refractivity contribution in [1.82, 2.24) is 4.90 Å². The van der Waals surface area contributed by atoms with Crippen LogP contribution in [-0.4, -0.2) is 22.9 Å². The third-order valence-electron chi connectivity index (χ3n) is 11.0. The van der Waals surface area contributed by atoms with Gasteiger partial charge < -0.3 is 9.64 Å². The average molecular weight is 500 g/mol. The Morgan fingerprint density at radius 1 is 0.811 bits per heavy atom. The van der Waals surface area contributed by atoms with Gasteiger partial charge >= 0.3 is 5.97 Å². The molecule has 4 aliphatic rings. The fraction of sp³-hybridized carbons (Fsp3) is 0.576. The lowest BCUT2D eigenvalue weighted by atomic mass is 9.47. The molecule has 196 valence electrons. The van der Waals surface area contributed by atoms with Crippen LogP contribution in [-0.2, 0) is 27.4 Å². The zero-order chi connectivity index (χ0) is 25.6. The summed E-state index contributed by atoms with van der Waals surface area (Å²) in [5.41, 5.74) is 2.53. The maximum Gasteiger partial charge on any atom is 0.306 e. The van der Waals surface area contributed by atoms with Crippen molar-refractivity contribution in [3.63, 3.8) is 0 Å². The predicted octanol–water partition coefficient (Wildman–Crippen LogP) is 6.78. The van der Waals surface area contributed by atoms with E-state index < -0.39 is 0 Å². The number of esters is 1. The highest BCUT2D eigenvalue weighted by atomic mass is 16.5. The monoisotopic (exact) mass is 499 g/mol. The third-order valence-corrected chi connectivity index (χ3v) is 11.0. The maximum absolute atomic E-state index is 14.4. The molecule has 0 bridgehead atoms. The molecule has 1 saturated heterocycles. The number of hydrogen-bond donors (Lipinski definition) is 0. The molecule has 3 saturated carbocycles. The highest BCUT2D eigenvalue weighted by Crippen LogP contribution is 2.66. The summed E-state index contributed by atoms with van der Waals surface area (Å²) in [5.74, 6) is 2.25. The summed E-state index contributed by atoms with van der Waals surface area (Å²) in [5, 5.41) is 0. The van der Waals surface area contributed by atoms with Gasteiger partial charge in [-0.05, 0) is 79.2 Å². The van der Waals surface area contributed by atoms with Gasteiger partial charge in [0.1, 0.15) is 6.10 Å². The second-order valence-electron chi connectivity index (χ2n) is 12.8. The lowest BCUT2D eigenvalue weighted by Crippen LogP contribution is -2.57. The Balaban J connectivity index is 1.24. The highest BCUT2D eigenvalue weighted by Gasteiger charge is 2.62. The molecule has 2 aromatic carbocycles. The average Bonchev–Trinajstić information content (AvgIpc) is 3.27. The SMILES string of the molecule is C[C@]12CCC(=O)O[C@@H]1CC[C@@H]1[C@@H]2CC[C@]2(C)[C@@H](C(=O)N(Cc3ccccc3)Cc3ccccc3)CC[C@@H]12. The lowest BCUT2D eigenvalue weighted by Gasteiger charge is -2.59. The van der Waals surface area contributed by atoms with Crippen LogP contribution in [0, 0.1) is 34.5 Å². The number of carbonyl (C=O) groups is 2. The molecule has 0 spiro atoms. The molecule has 1 amide bonds. The Bertz CT molecular complexity index is 1090. The van der Waals surface area contributed by atoms with Crippen LogP contribution in [0.1, 0.15) is 76.3 Å². The summed E-state index contributed by atoms with van der Waals surface area (Å²) in [7, 11) is 0. The summed E-state index contributed by atoms with van der Waals surface area (Å²) in [6, 6.07) is 20.9. The molecular weight excluding hydrogens is 458 g/mol. The molecule has 6 rings (SSSR count). The van der Waals surface area contributed by atoms with Gasteiger partial charge in [-0.25, -0.2) is 0 Å². The fourth-order valence-electron chi connectivity index (χ4n) is 9.00. The van der Waals surface area contributed by atoms with Crippen molar-refractivity contribution in [3.8, 4) is 0 Å². The van der Waals surface area contributed by atoms with E-state index >= 15 is 0 Å². The lowest BCUT2D eigenvalue weighted by molar-refractivity contribution is -0.192. The number of rotatable bonds is 5. The van der Waals surface area contributed by atoms with E-state index in [1.54, 1.807) is 0 Å². The van der Waals surface area contributed by atoms with Crippen LogP contribution in [0.25, 0.3) is 0 Å². The molecule has 2 aromatic rings. The second kappa shape index (κ2) is 9.60. The zero-order valence-electron chi connectivity index (χ0n) is 22.4. The first-order chi connectivity index (χ1) is 17.9. The number of hydrogen-bond acceptors (Lipinski definition) is 3. The van der Waals surface area contributed by atoms with Gasteiger partial charge in [-0.3, -0.25) is 9.59 Å². The Hall–Kier alpha value is -2.62. The van der Waals surface area contributed by atoms with Gasteiger partial charge in [-0.15, -0.1) is 0 Å². The van der Waals surface area contributed by atoms with Crippen molar-refractivity contribution >= 4 is 11.9 Å². The molecule has 1 heterocycles. The second-order valence-corrected chi connectivity index (χ2v) is 12.8. The van der Waals surface area contributed by atoms with E-state index in [2.05, 4.69) is 67.3 Å². The molecule has 4 nitrogen and oxygen atoms in total. The minimum atomic E-state index is -0.00924. The summed E-state index contributed by atoms with van der Waals surface area (Å²) < 4.78 is 5.88. The van der Waals surface area contributed by atoms with Gasteiger partial charge in [-0.2, -0.15) is 0 Å². The van der Waals surface area contributed by atoms with Gasteiger partial charge in [0.15, 0.2) is 0 Å². The number of benzene rings is 2. The third kappa shape index (κ3) is 4.30. The number of nitrogens with zero attached hydrogens (tertiary/aromatic N) is 1. The first-order valence-corrected chi connectivity index (χ1v) is 14.4. The quantitative estimate of drug-likeness (QED) is 0.426. The van der Waals surface area contributed by atoms with E-state index in [-0.39, 0.29) is 28.8 Å². The molecule has 3 aliphatic carbocycles. The molecule has 0 radical (unpaired) electrons. The van der Waals surface area contributed by atoms with Gasteiger partial charge in [0.05, 0.1) is 0 Å². The van der Waals surface area contributed by atoms with Crippen LogP contribution in [0.2, 0.25) is 0 Å². The van der Waals surface area contributed by atoms with E-state index in [4.69, 9.17) is 4.74 Å². The Morgan fingerprint density at radius 2 is 1.43 bits per heavy atom. The first kappa shape index (κ1) is 24.7. The largest absolute Gasteiger partial charge is 0.462 e. The molecular formula is C33H41NO3. The van der Waals surface area contributed by atoms with Crippen molar-refractivity contribution in [2.45, 2.75) is 84.4 Å². The van der Waals surface area contributed by atoms with Gasteiger partial charge in [-0.1, -0.05) is 74.5 Å². The first-order valence-electron chi connectivity index (χ1n) is 14.4. The highest BCUT2D eigenvalue weighted by molar-refractivity contribution is 5.80. The summed E-state index contributed by atoms with van der Waals surface area (Å²) in [4.78, 5) is 28.5. The molecule has 7 atom stereocenters.